The van der Waals surface area contributed by atoms with E-state index in [1.165, 1.54) is 4.68 Å². The summed E-state index contributed by atoms with van der Waals surface area (Å²) in [6.45, 7) is 2.16. The highest BCUT2D eigenvalue weighted by Gasteiger charge is 2.48. The zero-order valence-electron chi connectivity index (χ0n) is 14.6. The molecule has 4 heterocycles. The van der Waals surface area contributed by atoms with Crippen molar-refractivity contribution >= 4 is 18.0 Å². The summed E-state index contributed by atoms with van der Waals surface area (Å²) in [7, 11) is 0. The molecule has 6 rings (SSSR count). The Morgan fingerprint density at radius 2 is 2.11 bits per heavy atom. The first-order valence-electron chi connectivity index (χ1n) is 8.81. The number of hydrogen-bond donors (Lipinski definition) is 0. The van der Waals surface area contributed by atoms with Crippen LogP contribution in [0.1, 0.15) is 37.2 Å². The van der Waals surface area contributed by atoms with Gasteiger partial charge in [0.05, 0.1) is 11.9 Å². The maximum Gasteiger partial charge on any atom is 0.210 e. The van der Waals surface area contributed by atoms with Crippen LogP contribution in [0.4, 0.5) is 11.6 Å². The smallest absolute Gasteiger partial charge is 0.210 e. The van der Waals surface area contributed by atoms with E-state index in [2.05, 4.69) is 40.5 Å². The first-order chi connectivity index (χ1) is 13.2. The molecule has 3 aromatic rings. The lowest BCUT2D eigenvalue weighted by Crippen LogP contribution is -2.44. The number of imidazole rings is 1. The first-order valence-corrected chi connectivity index (χ1v) is 8.81. The molecule has 2 aliphatic heterocycles. The topological polar surface area (TPSA) is 91.2 Å². The van der Waals surface area contributed by atoms with Gasteiger partial charge >= 0.3 is 0 Å². The zero-order valence-corrected chi connectivity index (χ0v) is 14.6. The molecular formula is C18H15N9. The predicted molar refractivity (Wildman–Crippen MR) is 97.4 cm³/mol. The van der Waals surface area contributed by atoms with Crippen molar-refractivity contribution in [2.24, 2.45) is 4.99 Å². The molecule has 0 bridgehead atoms. The van der Waals surface area contributed by atoms with Gasteiger partial charge < -0.3 is 0 Å². The Hall–Kier alpha value is -3.67. The number of rotatable bonds is 2. The van der Waals surface area contributed by atoms with Gasteiger partial charge in [-0.25, -0.2) is 20.0 Å². The number of hydrazine groups is 1. The molecule has 1 saturated carbocycles. The van der Waals surface area contributed by atoms with Gasteiger partial charge in [-0.2, -0.15) is 5.26 Å². The molecule has 1 unspecified atom stereocenters. The van der Waals surface area contributed by atoms with E-state index in [9.17, 15) is 5.26 Å². The average molecular weight is 357 g/mol. The molecule has 132 valence electrons. The van der Waals surface area contributed by atoms with Crippen molar-refractivity contribution in [1.29, 1.82) is 5.26 Å². The van der Waals surface area contributed by atoms with Crippen LogP contribution < -0.4 is 10.0 Å². The minimum atomic E-state index is -0.215. The maximum absolute atomic E-state index is 9.59. The molecular weight excluding hydrogens is 342 g/mol. The second-order valence-corrected chi connectivity index (χ2v) is 7.34. The third-order valence-corrected chi connectivity index (χ3v) is 5.64. The SMILES string of the molecule is CC1(c2nnn(C#N)c2N2C=NC3c4ccccc4-n4cncc4N32)CC1. The van der Waals surface area contributed by atoms with Crippen molar-refractivity contribution in [2.75, 3.05) is 10.0 Å². The van der Waals surface area contributed by atoms with E-state index in [4.69, 9.17) is 4.99 Å². The Morgan fingerprint density at radius 1 is 1.26 bits per heavy atom. The van der Waals surface area contributed by atoms with Crippen LogP contribution in [-0.4, -0.2) is 30.9 Å². The fraction of sp³-hybridized carbons (Fsp3) is 0.278. The molecule has 0 N–H and O–H groups in total. The standard InChI is InChI=1S/C18H15N9/c1-18(6-7-18)15-17(25(9-19)23-22-15)26-11-21-16-12-4-2-3-5-13(12)24-10-20-8-14(24)27(16)26/h2-5,8,10-11,16H,6-7H2,1H3. The van der Waals surface area contributed by atoms with E-state index in [0.29, 0.717) is 5.82 Å². The van der Waals surface area contributed by atoms with Gasteiger partial charge in [0.15, 0.2) is 17.8 Å². The first kappa shape index (κ1) is 14.5. The second-order valence-electron chi connectivity index (χ2n) is 7.34. The van der Waals surface area contributed by atoms with E-state index >= 15 is 0 Å². The number of nitriles is 1. The third-order valence-electron chi connectivity index (χ3n) is 5.64. The normalized spacial score (nSPS) is 20.8. The molecule has 2 aromatic heterocycles. The van der Waals surface area contributed by atoms with Gasteiger partial charge in [-0.15, -0.1) is 9.78 Å². The maximum atomic E-state index is 9.59. The van der Waals surface area contributed by atoms with Crippen LogP contribution in [0.25, 0.3) is 5.69 Å². The molecule has 9 nitrogen and oxygen atoms in total. The number of hydrogen-bond acceptors (Lipinski definition) is 7. The van der Waals surface area contributed by atoms with Gasteiger partial charge in [-0.3, -0.25) is 4.57 Å². The van der Waals surface area contributed by atoms with E-state index in [-0.39, 0.29) is 11.6 Å². The summed E-state index contributed by atoms with van der Waals surface area (Å²) in [5, 5.41) is 21.9. The molecule has 1 fully saturated rings. The summed E-state index contributed by atoms with van der Waals surface area (Å²) in [6.07, 6.45) is 9.34. The number of aromatic nitrogens is 5. The molecule has 0 amide bonds. The van der Waals surface area contributed by atoms with Crippen molar-refractivity contribution in [3.63, 3.8) is 0 Å². The van der Waals surface area contributed by atoms with Crippen molar-refractivity contribution in [2.45, 2.75) is 31.3 Å². The highest BCUT2D eigenvalue weighted by molar-refractivity contribution is 5.87. The van der Waals surface area contributed by atoms with Gasteiger partial charge in [0, 0.05) is 11.0 Å². The van der Waals surface area contributed by atoms with Gasteiger partial charge in [0.25, 0.3) is 0 Å². The lowest BCUT2D eigenvalue weighted by Gasteiger charge is -2.37. The van der Waals surface area contributed by atoms with Gasteiger partial charge in [-0.1, -0.05) is 30.3 Å². The fourth-order valence-electron chi connectivity index (χ4n) is 3.90. The molecule has 1 aliphatic carbocycles. The van der Waals surface area contributed by atoms with Crippen molar-refractivity contribution in [3.05, 3.63) is 48.0 Å². The monoisotopic (exact) mass is 357 g/mol. The molecule has 1 aromatic carbocycles. The number of fused-ring (bicyclic) bond motifs is 6. The minimum absolute atomic E-state index is 0.0374. The highest BCUT2D eigenvalue weighted by Crippen LogP contribution is 2.51. The molecule has 1 atom stereocenters. The molecule has 27 heavy (non-hydrogen) atoms. The Morgan fingerprint density at radius 3 is 2.93 bits per heavy atom. The van der Waals surface area contributed by atoms with Gasteiger partial charge in [0.2, 0.25) is 6.19 Å². The van der Waals surface area contributed by atoms with Crippen LogP contribution >= 0.6 is 0 Å². The van der Waals surface area contributed by atoms with Crippen molar-refractivity contribution < 1.29 is 0 Å². The molecule has 9 heteroatoms. The molecule has 0 saturated heterocycles. The van der Waals surface area contributed by atoms with Gasteiger partial charge in [-0.05, 0) is 18.9 Å². The van der Waals surface area contributed by atoms with Crippen molar-refractivity contribution in [1.82, 2.24) is 24.5 Å². The Bertz CT molecular complexity index is 1140. The predicted octanol–water partition coefficient (Wildman–Crippen LogP) is 2.13. The van der Waals surface area contributed by atoms with Crippen LogP contribution in [0.3, 0.4) is 0 Å². The van der Waals surface area contributed by atoms with E-state index in [0.717, 1.165) is 35.6 Å². The largest absolute Gasteiger partial charge is 0.284 e. The van der Waals surface area contributed by atoms with Crippen LogP contribution in [0.5, 0.6) is 0 Å². The van der Waals surface area contributed by atoms with E-state index in [1.807, 2.05) is 32.9 Å². The summed E-state index contributed by atoms with van der Waals surface area (Å²) in [4.78, 5) is 9.08. The van der Waals surface area contributed by atoms with Crippen molar-refractivity contribution in [3.8, 4) is 11.9 Å². The lowest BCUT2D eigenvalue weighted by atomic mass is 10.1. The number of benzene rings is 1. The average Bonchev–Trinajstić information content (AvgIpc) is 3.13. The van der Waals surface area contributed by atoms with Crippen LogP contribution in [0, 0.1) is 11.5 Å². The lowest BCUT2D eigenvalue weighted by molar-refractivity contribution is 0.649. The van der Waals surface area contributed by atoms with Crippen LogP contribution in [-0.2, 0) is 5.41 Å². The van der Waals surface area contributed by atoms with E-state index in [1.54, 1.807) is 12.7 Å². The highest BCUT2D eigenvalue weighted by atomic mass is 15.7. The quantitative estimate of drug-likeness (QED) is 0.698. The third kappa shape index (κ3) is 1.76. The molecule has 3 aliphatic rings. The summed E-state index contributed by atoms with van der Waals surface area (Å²) in [5.74, 6) is 1.53. The number of nitrogens with zero attached hydrogens (tertiary/aromatic N) is 9. The zero-order chi connectivity index (χ0) is 18.2. The van der Waals surface area contributed by atoms with Crippen LogP contribution in [0.15, 0.2) is 41.8 Å². The number of para-hydroxylation sites is 1. The Balaban J connectivity index is 1.55. The van der Waals surface area contributed by atoms with E-state index < -0.39 is 0 Å². The Kier molecular flexibility index (Phi) is 2.54. The Labute approximate surface area is 154 Å². The number of anilines is 2. The second kappa shape index (κ2) is 4.73. The number of aliphatic imine (C=N–C) groups is 1. The molecule has 0 radical (unpaired) electrons. The summed E-state index contributed by atoms with van der Waals surface area (Å²) < 4.78 is 3.31. The summed E-state index contributed by atoms with van der Waals surface area (Å²) in [6, 6.07) is 8.15. The molecule has 0 spiro atoms. The summed E-state index contributed by atoms with van der Waals surface area (Å²) >= 11 is 0. The fourth-order valence-corrected chi connectivity index (χ4v) is 3.90. The minimum Gasteiger partial charge on any atom is -0.284 e. The summed E-state index contributed by atoms with van der Waals surface area (Å²) in [5.41, 5.74) is 2.94. The van der Waals surface area contributed by atoms with Gasteiger partial charge in [0.1, 0.15) is 18.4 Å². The van der Waals surface area contributed by atoms with Crippen LogP contribution in [0.2, 0.25) is 0 Å².